The van der Waals surface area contributed by atoms with Crippen molar-refractivity contribution in [1.29, 1.82) is 0 Å². The number of hydrogen-bond acceptors (Lipinski definition) is 6. The molecular weight excluding hydrogens is 448 g/mol. The monoisotopic (exact) mass is 490 g/mol. The molecule has 3 saturated heterocycles. The summed E-state index contributed by atoms with van der Waals surface area (Å²) in [7, 11) is 0. The van der Waals surface area contributed by atoms with Crippen LogP contribution in [-0.4, -0.2) is 82.3 Å². The fourth-order valence-electron chi connectivity index (χ4n) is 6.55. The molecule has 8 nitrogen and oxygen atoms in total. The number of carbonyl (C=O) groups excluding carboxylic acids is 3. The smallest absolute Gasteiger partial charge is 0.312 e. The summed E-state index contributed by atoms with van der Waals surface area (Å²) in [6.45, 7) is 16.1. The Morgan fingerprint density at radius 1 is 1.37 bits per heavy atom. The number of aliphatic hydroxyl groups excluding tert-OH is 1. The molecule has 1 N–H and O–H groups in total. The SMILES string of the molecule is C=CCCOC(=O)[C@H]1[C@H]2C(=O)N(CCCO)C(C(=O)N(CC=C)C(C)CCC)C23CC(C)[C@]1(C)O3. The number of carbonyl (C=O) groups is 3. The Bertz CT molecular complexity index is 846. The van der Waals surface area contributed by atoms with Crippen LogP contribution in [0.1, 0.15) is 59.8 Å². The Morgan fingerprint density at radius 2 is 2.09 bits per heavy atom. The van der Waals surface area contributed by atoms with Crippen LogP contribution in [-0.2, 0) is 23.9 Å². The number of nitrogens with zero attached hydrogens (tertiary/aromatic N) is 2. The van der Waals surface area contributed by atoms with Crippen molar-refractivity contribution in [2.24, 2.45) is 17.8 Å². The molecule has 196 valence electrons. The molecule has 3 aliphatic rings. The fourth-order valence-corrected chi connectivity index (χ4v) is 6.55. The topological polar surface area (TPSA) is 96.4 Å². The van der Waals surface area contributed by atoms with Gasteiger partial charge in [-0.2, -0.15) is 0 Å². The van der Waals surface area contributed by atoms with E-state index in [1.54, 1.807) is 22.0 Å². The zero-order valence-electron chi connectivity index (χ0n) is 21.7. The second-order valence-electron chi connectivity index (χ2n) is 10.5. The van der Waals surface area contributed by atoms with E-state index < -0.39 is 35.0 Å². The summed E-state index contributed by atoms with van der Waals surface area (Å²) < 4.78 is 12.2. The van der Waals surface area contributed by atoms with Crippen molar-refractivity contribution in [2.45, 2.75) is 83.1 Å². The van der Waals surface area contributed by atoms with E-state index in [4.69, 9.17) is 9.47 Å². The van der Waals surface area contributed by atoms with Crippen molar-refractivity contribution in [3.05, 3.63) is 25.3 Å². The Labute approximate surface area is 209 Å². The highest BCUT2D eigenvalue weighted by molar-refractivity contribution is 5.98. The van der Waals surface area contributed by atoms with E-state index in [0.29, 0.717) is 25.8 Å². The minimum absolute atomic E-state index is 0.0398. The lowest BCUT2D eigenvalue weighted by Gasteiger charge is -2.39. The number of rotatable bonds is 13. The molecule has 3 heterocycles. The highest BCUT2D eigenvalue weighted by Crippen LogP contribution is 2.65. The summed E-state index contributed by atoms with van der Waals surface area (Å²) >= 11 is 0. The van der Waals surface area contributed by atoms with Crippen LogP contribution in [0.2, 0.25) is 0 Å². The fraction of sp³-hybridized carbons (Fsp3) is 0.741. The van der Waals surface area contributed by atoms with Gasteiger partial charge in [-0.1, -0.05) is 32.4 Å². The van der Waals surface area contributed by atoms with Crippen LogP contribution in [0, 0.1) is 17.8 Å². The van der Waals surface area contributed by atoms with Gasteiger partial charge in [0.1, 0.15) is 17.6 Å². The molecule has 2 bridgehead atoms. The third kappa shape index (κ3) is 4.44. The zero-order valence-corrected chi connectivity index (χ0v) is 21.7. The molecule has 4 unspecified atom stereocenters. The van der Waals surface area contributed by atoms with Gasteiger partial charge in [-0.3, -0.25) is 14.4 Å². The van der Waals surface area contributed by atoms with E-state index in [-0.39, 0.29) is 43.5 Å². The van der Waals surface area contributed by atoms with Gasteiger partial charge in [0, 0.05) is 25.7 Å². The molecule has 1 spiro atoms. The summed E-state index contributed by atoms with van der Waals surface area (Å²) in [6, 6.07) is -0.900. The van der Waals surface area contributed by atoms with E-state index in [2.05, 4.69) is 20.1 Å². The normalized spacial score (nSPS) is 34.0. The van der Waals surface area contributed by atoms with Gasteiger partial charge in [0.2, 0.25) is 11.8 Å². The van der Waals surface area contributed by atoms with E-state index in [0.717, 1.165) is 12.8 Å². The largest absolute Gasteiger partial charge is 0.465 e. The predicted octanol–water partition coefficient (Wildman–Crippen LogP) is 2.70. The molecular formula is C27H42N2O6. The van der Waals surface area contributed by atoms with Crippen molar-refractivity contribution in [3.8, 4) is 0 Å². The molecule has 0 aliphatic carbocycles. The lowest BCUT2D eigenvalue weighted by Crippen LogP contribution is -2.58. The Kier molecular flexibility index (Phi) is 8.48. The van der Waals surface area contributed by atoms with Crippen molar-refractivity contribution < 1.29 is 29.0 Å². The van der Waals surface area contributed by atoms with Gasteiger partial charge in [-0.25, -0.2) is 0 Å². The number of likely N-dealkylation sites (tertiary alicyclic amines) is 1. The molecule has 7 atom stereocenters. The van der Waals surface area contributed by atoms with Gasteiger partial charge in [0.15, 0.2) is 0 Å². The van der Waals surface area contributed by atoms with Gasteiger partial charge in [-0.15, -0.1) is 13.2 Å². The predicted molar refractivity (Wildman–Crippen MR) is 132 cm³/mol. The van der Waals surface area contributed by atoms with Gasteiger partial charge in [-0.05, 0) is 45.4 Å². The molecule has 2 amide bonds. The van der Waals surface area contributed by atoms with Crippen molar-refractivity contribution in [2.75, 3.05) is 26.3 Å². The van der Waals surface area contributed by atoms with Gasteiger partial charge in [0.05, 0.1) is 18.1 Å². The molecule has 0 radical (unpaired) electrons. The van der Waals surface area contributed by atoms with Crippen LogP contribution in [0.15, 0.2) is 25.3 Å². The second-order valence-corrected chi connectivity index (χ2v) is 10.5. The maximum Gasteiger partial charge on any atom is 0.312 e. The van der Waals surface area contributed by atoms with Gasteiger partial charge in [0.25, 0.3) is 0 Å². The van der Waals surface area contributed by atoms with Crippen LogP contribution in [0.3, 0.4) is 0 Å². The highest BCUT2D eigenvalue weighted by Gasteiger charge is 2.80. The van der Waals surface area contributed by atoms with Crippen LogP contribution < -0.4 is 0 Å². The summed E-state index contributed by atoms with van der Waals surface area (Å²) in [6.07, 6.45) is 6.47. The Balaban J connectivity index is 2.06. The lowest BCUT2D eigenvalue weighted by molar-refractivity contribution is -0.162. The number of amides is 2. The molecule has 35 heavy (non-hydrogen) atoms. The maximum atomic E-state index is 14.2. The van der Waals surface area contributed by atoms with Crippen LogP contribution in [0.25, 0.3) is 0 Å². The van der Waals surface area contributed by atoms with Crippen LogP contribution in [0.4, 0.5) is 0 Å². The van der Waals surface area contributed by atoms with E-state index in [1.807, 2.05) is 20.8 Å². The third-order valence-corrected chi connectivity index (χ3v) is 8.27. The summed E-state index contributed by atoms with van der Waals surface area (Å²) in [5.74, 6) is -2.54. The molecule has 8 heteroatoms. The van der Waals surface area contributed by atoms with Crippen molar-refractivity contribution >= 4 is 17.8 Å². The molecule has 0 aromatic rings. The molecule has 0 aromatic heterocycles. The quantitative estimate of drug-likeness (QED) is 0.242. The lowest BCUT2D eigenvalue weighted by atomic mass is 9.62. The average Bonchev–Trinajstić information content (AvgIpc) is 3.32. The number of hydrogen-bond donors (Lipinski definition) is 1. The first-order chi connectivity index (χ1) is 16.6. The number of ether oxygens (including phenoxy) is 2. The Hall–Kier alpha value is -2.19. The van der Waals surface area contributed by atoms with Crippen molar-refractivity contribution in [3.63, 3.8) is 0 Å². The third-order valence-electron chi connectivity index (χ3n) is 8.27. The maximum absolute atomic E-state index is 14.2. The summed E-state index contributed by atoms with van der Waals surface area (Å²) in [5.41, 5.74) is -2.00. The molecule has 3 rings (SSSR count). The minimum atomic E-state index is -1.11. The summed E-state index contributed by atoms with van der Waals surface area (Å²) in [5, 5.41) is 9.51. The molecule has 0 saturated carbocycles. The second kappa shape index (κ2) is 10.8. The van der Waals surface area contributed by atoms with E-state index in [9.17, 15) is 19.5 Å². The molecule has 0 aromatic carbocycles. The summed E-state index contributed by atoms with van der Waals surface area (Å²) in [4.78, 5) is 44.8. The van der Waals surface area contributed by atoms with Gasteiger partial charge < -0.3 is 24.4 Å². The first-order valence-electron chi connectivity index (χ1n) is 12.9. The number of fused-ring (bicyclic) bond motifs is 1. The molecule has 3 aliphatic heterocycles. The van der Waals surface area contributed by atoms with Gasteiger partial charge >= 0.3 is 5.97 Å². The van der Waals surface area contributed by atoms with Crippen molar-refractivity contribution in [1.82, 2.24) is 9.80 Å². The average molecular weight is 491 g/mol. The van der Waals surface area contributed by atoms with E-state index in [1.165, 1.54) is 0 Å². The first-order valence-corrected chi connectivity index (χ1v) is 12.9. The number of aliphatic hydroxyl groups is 1. The highest BCUT2D eigenvalue weighted by atomic mass is 16.6. The van der Waals surface area contributed by atoms with Crippen LogP contribution in [0.5, 0.6) is 0 Å². The molecule has 3 fully saturated rings. The van der Waals surface area contributed by atoms with E-state index >= 15 is 0 Å². The van der Waals surface area contributed by atoms with Crippen LogP contribution >= 0.6 is 0 Å². The minimum Gasteiger partial charge on any atom is -0.465 e. The number of esters is 1. The standard InChI is InChI=1S/C27H42N2O6/c1-7-10-16-34-25(33)21-20-23(31)29(14-11-15-30)22(27(20)17-18(4)26(21,6)35-27)24(32)28(13-9-3)19(5)12-8-2/h7,9,18-22,30H,1,3,8,10-17H2,2,4-6H3/t18?,19?,20-,21+,22?,26-,27?/m0/s1. The Morgan fingerprint density at radius 3 is 2.69 bits per heavy atom. The first kappa shape index (κ1) is 27.4. The zero-order chi connectivity index (χ0) is 26.0.